The van der Waals surface area contributed by atoms with Crippen molar-refractivity contribution in [1.29, 1.82) is 0 Å². The Hall–Kier alpha value is -1.02. The molecule has 2 heteroatoms. The Morgan fingerprint density at radius 3 is 2.58 bits per heavy atom. The number of nitrogens with one attached hydrogen (secondary N) is 1. The minimum absolute atomic E-state index is 0.978. The third-order valence-corrected chi connectivity index (χ3v) is 2.35. The Labute approximate surface area is 72.5 Å². The van der Waals surface area contributed by atoms with Crippen LogP contribution in [-0.4, -0.2) is 7.11 Å². The first-order chi connectivity index (χ1) is 5.81. The summed E-state index contributed by atoms with van der Waals surface area (Å²) in [5.41, 5.74) is 4.01. The molecule has 0 aliphatic carbocycles. The van der Waals surface area contributed by atoms with Crippen molar-refractivity contribution < 1.29 is 4.74 Å². The van der Waals surface area contributed by atoms with Crippen LogP contribution >= 0.6 is 0 Å². The largest absolute Gasteiger partial charge is 0.496 e. The molecule has 1 aliphatic heterocycles. The van der Waals surface area contributed by atoms with E-state index < -0.39 is 0 Å². The molecule has 0 unspecified atom stereocenters. The van der Waals surface area contributed by atoms with E-state index in [-0.39, 0.29) is 0 Å². The van der Waals surface area contributed by atoms with E-state index in [0.717, 1.165) is 18.8 Å². The standard InChI is InChI=1S/C10H13NO/c1-7-3-8-5-11-6-9(8)4-10(7)12-2/h3-4,11H,5-6H2,1-2H3. The highest BCUT2D eigenvalue weighted by atomic mass is 16.5. The summed E-state index contributed by atoms with van der Waals surface area (Å²) in [6.45, 7) is 4.06. The van der Waals surface area contributed by atoms with E-state index in [9.17, 15) is 0 Å². The van der Waals surface area contributed by atoms with Crippen molar-refractivity contribution in [3.8, 4) is 5.75 Å². The second-order valence-corrected chi connectivity index (χ2v) is 3.19. The van der Waals surface area contributed by atoms with E-state index in [0.29, 0.717) is 0 Å². The van der Waals surface area contributed by atoms with E-state index in [4.69, 9.17) is 4.74 Å². The van der Waals surface area contributed by atoms with Gasteiger partial charge in [0.15, 0.2) is 0 Å². The molecule has 0 saturated heterocycles. The number of ether oxygens (including phenoxy) is 1. The highest BCUT2D eigenvalue weighted by Gasteiger charge is 2.12. The van der Waals surface area contributed by atoms with Crippen LogP contribution in [0.15, 0.2) is 12.1 Å². The monoisotopic (exact) mass is 163 g/mol. The maximum atomic E-state index is 5.24. The van der Waals surface area contributed by atoms with E-state index in [1.165, 1.54) is 16.7 Å². The number of fused-ring (bicyclic) bond motifs is 1. The zero-order valence-electron chi connectivity index (χ0n) is 7.48. The number of rotatable bonds is 1. The van der Waals surface area contributed by atoms with Crippen molar-refractivity contribution in [1.82, 2.24) is 5.32 Å². The van der Waals surface area contributed by atoms with Crippen LogP contribution in [-0.2, 0) is 13.1 Å². The van der Waals surface area contributed by atoms with Crippen LogP contribution < -0.4 is 10.1 Å². The number of hydrogen-bond acceptors (Lipinski definition) is 2. The molecule has 12 heavy (non-hydrogen) atoms. The van der Waals surface area contributed by atoms with Crippen LogP contribution in [0.25, 0.3) is 0 Å². The van der Waals surface area contributed by atoms with Gasteiger partial charge in [-0.2, -0.15) is 0 Å². The van der Waals surface area contributed by atoms with Gasteiger partial charge in [-0.3, -0.25) is 0 Å². The highest BCUT2D eigenvalue weighted by Crippen LogP contribution is 2.25. The molecule has 64 valence electrons. The fourth-order valence-corrected chi connectivity index (χ4v) is 1.67. The Kier molecular flexibility index (Phi) is 1.77. The van der Waals surface area contributed by atoms with Gasteiger partial charge in [-0.1, -0.05) is 6.07 Å². The van der Waals surface area contributed by atoms with Gasteiger partial charge in [-0.15, -0.1) is 0 Å². The lowest BCUT2D eigenvalue weighted by Crippen LogP contribution is -1.99. The van der Waals surface area contributed by atoms with E-state index in [1.807, 2.05) is 0 Å². The quantitative estimate of drug-likeness (QED) is 0.679. The fourth-order valence-electron chi connectivity index (χ4n) is 1.67. The molecule has 1 N–H and O–H groups in total. The van der Waals surface area contributed by atoms with Gasteiger partial charge in [0.1, 0.15) is 5.75 Å². The summed E-state index contributed by atoms with van der Waals surface area (Å²) < 4.78 is 5.24. The van der Waals surface area contributed by atoms with Crippen molar-refractivity contribution in [2.45, 2.75) is 20.0 Å². The maximum absolute atomic E-state index is 5.24. The zero-order chi connectivity index (χ0) is 8.55. The third-order valence-electron chi connectivity index (χ3n) is 2.35. The number of aryl methyl sites for hydroxylation is 1. The van der Waals surface area contributed by atoms with Gasteiger partial charge in [-0.05, 0) is 29.7 Å². The maximum Gasteiger partial charge on any atom is 0.122 e. The van der Waals surface area contributed by atoms with Gasteiger partial charge < -0.3 is 10.1 Å². The molecule has 0 spiro atoms. The molecule has 1 heterocycles. The summed E-state index contributed by atoms with van der Waals surface area (Å²) in [5.74, 6) is 0.998. The number of benzene rings is 1. The van der Waals surface area contributed by atoms with Crippen molar-refractivity contribution in [2.75, 3.05) is 7.11 Å². The number of methoxy groups -OCH3 is 1. The third kappa shape index (κ3) is 1.08. The first-order valence-corrected chi connectivity index (χ1v) is 4.18. The second kappa shape index (κ2) is 2.79. The van der Waals surface area contributed by atoms with E-state index in [2.05, 4.69) is 24.4 Å². The van der Waals surface area contributed by atoms with Gasteiger partial charge in [0.25, 0.3) is 0 Å². The molecule has 0 fully saturated rings. The molecule has 2 nitrogen and oxygen atoms in total. The smallest absolute Gasteiger partial charge is 0.122 e. The van der Waals surface area contributed by atoms with Gasteiger partial charge in [0.05, 0.1) is 7.11 Å². The molecule has 0 bridgehead atoms. The Bertz CT molecular complexity index is 306. The summed E-state index contributed by atoms with van der Waals surface area (Å²) >= 11 is 0. The molecular formula is C10H13NO. The first kappa shape index (κ1) is 7.62. The first-order valence-electron chi connectivity index (χ1n) is 4.18. The molecule has 0 amide bonds. The van der Waals surface area contributed by atoms with Crippen LogP contribution in [0.2, 0.25) is 0 Å². The van der Waals surface area contributed by atoms with Crippen LogP contribution in [0.4, 0.5) is 0 Å². The van der Waals surface area contributed by atoms with Crippen molar-refractivity contribution in [3.63, 3.8) is 0 Å². The molecule has 0 aromatic heterocycles. The van der Waals surface area contributed by atoms with E-state index >= 15 is 0 Å². The minimum atomic E-state index is 0.978. The lowest BCUT2D eigenvalue weighted by Gasteiger charge is -2.06. The van der Waals surface area contributed by atoms with Crippen molar-refractivity contribution >= 4 is 0 Å². The van der Waals surface area contributed by atoms with E-state index in [1.54, 1.807) is 7.11 Å². The van der Waals surface area contributed by atoms with Gasteiger partial charge in [0.2, 0.25) is 0 Å². The van der Waals surface area contributed by atoms with Crippen LogP contribution in [0, 0.1) is 6.92 Å². The van der Waals surface area contributed by atoms with Gasteiger partial charge >= 0.3 is 0 Å². The van der Waals surface area contributed by atoms with Crippen molar-refractivity contribution in [2.24, 2.45) is 0 Å². The lowest BCUT2D eigenvalue weighted by molar-refractivity contribution is 0.411. The molecule has 1 aromatic carbocycles. The second-order valence-electron chi connectivity index (χ2n) is 3.19. The molecule has 1 aromatic rings. The topological polar surface area (TPSA) is 21.3 Å². The van der Waals surface area contributed by atoms with Crippen molar-refractivity contribution in [3.05, 3.63) is 28.8 Å². The zero-order valence-corrected chi connectivity index (χ0v) is 7.48. The Morgan fingerprint density at radius 1 is 1.25 bits per heavy atom. The summed E-state index contributed by atoms with van der Waals surface area (Å²) in [6, 6.07) is 4.33. The van der Waals surface area contributed by atoms with Crippen LogP contribution in [0.3, 0.4) is 0 Å². The number of hydrogen-bond donors (Lipinski definition) is 1. The fraction of sp³-hybridized carbons (Fsp3) is 0.400. The SMILES string of the molecule is COc1cc2c(cc1C)CNC2. The lowest BCUT2D eigenvalue weighted by atomic mass is 10.1. The van der Waals surface area contributed by atoms with Gasteiger partial charge in [0, 0.05) is 13.1 Å². The molecule has 0 atom stereocenters. The average molecular weight is 163 g/mol. The summed E-state index contributed by atoms with van der Waals surface area (Å²) in [4.78, 5) is 0. The van der Waals surface area contributed by atoms with Gasteiger partial charge in [-0.25, -0.2) is 0 Å². The molecule has 0 radical (unpaired) electrons. The summed E-state index contributed by atoms with van der Waals surface area (Å²) in [6.07, 6.45) is 0. The highest BCUT2D eigenvalue weighted by molar-refractivity contribution is 5.43. The Morgan fingerprint density at radius 2 is 1.92 bits per heavy atom. The molecule has 0 saturated carbocycles. The predicted molar refractivity (Wildman–Crippen MR) is 48.3 cm³/mol. The molecule has 1 aliphatic rings. The average Bonchev–Trinajstić information content (AvgIpc) is 2.49. The van der Waals surface area contributed by atoms with Crippen LogP contribution in [0.5, 0.6) is 5.75 Å². The summed E-state index contributed by atoms with van der Waals surface area (Å²) in [5, 5.41) is 3.31. The molecular weight excluding hydrogens is 150 g/mol. The molecule has 2 rings (SSSR count). The predicted octanol–water partition coefficient (Wildman–Crippen LogP) is 1.61. The Balaban J connectivity index is 2.49. The normalized spacial score (nSPS) is 14.5. The minimum Gasteiger partial charge on any atom is -0.496 e. The summed E-state index contributed by atoms with van der Waals surface area (Å²) in [7, 11) is 1.72. The van der Waals surface area contributed by atoms with Crippen LogP contribution in [0.1, 0.15) is 16.7 Å².